The lowest BCUT2D eigenvalue weighted by atomic mass is 9.53. The van der Waals surface area contributed by atoms with Gasteiger partial charge in [0.2, 0.25) is 5.91 Å². The number of Topliss-reactive ketones (excluding diaryl/α,β-unsaturated/α-hetero) is 1. The van der Waals surface area contributed by atoms with E-state index in [1.807, 2.05) is 13.8 Å². The summed E-state index contributed by atoms with van der Waals surface area (Å²) in [4.78, 5) is 23.7. The fourth-order valence-electron chi connectivity index (χ4n) is 3.40. The quantitative estimate of drug-likeness (QED) is 0.844. The van der Waals surface area contributed by atoms with Gasteiger partial charge in [-0.2, -0.15) is 0 Å². The molecule has 2 aliphatic rings. The zero-order valence-electron chi connectivity index (χ0n) is 12.2. The van der Waals surface area contributed by atoms with Crippen molar-refractivity contribution in [2.75, 3.05) is 19.8 Å². The second-order valence-corrected chi connectivity index (χ2v) is 6.60. The second kappa shape index (κ2) is 5.61. The minimum absolute atomic E-state index is 0.0223. The SMILES string of the molecule is CC(=O)[C@@H]1C[C@H](C(=O)NC[C@H]2CCCOC2)C1(C)C. The summed E-state index contributed by atoms with van der Waals surface area (Å²) in [5.41, 5.74) is -0.195. The molecule has 0 aromatic heterocycles. The van der Waals surface area contributed by atoms with Gasteiger partial charge in [0.25, 0.3) is 0 Å². The lowest BCUT2D eigenvalue weighted by Gasteiger charge is -2.50. The van der Waals surface area contributed by atoms with Crippen molar-refractivity contribution in [3.63, 3.8) is 0 Å². The number of hydrogen-bond donors (Lipinski definition) is 1. The molecule has 3 atom stereocenters. The van der Waals surface area contributed by atoms with Gasteiger partial charge in [-0.1, -0.05) is 13.8 Å². The molecule has 2 rings (SSSR count). The summed E-state index contributed by atoms with van der Waals surface area (Å²) in [6.07, 6.45) is 2.92. The molecule has 1 amide bonds. The number of carbonyl (C=O) groups excluding carboxylic acids is 2. The van der Waals surface area contributed by atoms with E-state index in [0.717, 1.165) is 26.1 Å². The molecule has 1 heterocycles. The first-order valence-corrected chi connectivity index (χ1v) is 7.29. The third kappa shape index (κ3) is 2.99. The summed E-state index contributed by atoms with van der Waals surface area (Å²) in [7, 11) is 0. The molecule has 1 aliphatic heterocycles. The van der Waals surface area contributed by atoms with Crippen LogP contribution in [-0.2, 0) is 14.3 Å². The molecule has 0 radical (unpaired) electrons. The molecule has 0 aromatic rings. The van der Waals surface area contributed by atoms with Crippen molar-refractivity contribution in [2.45, 2.75) is 40.0 Å². The highest BCUT2D eigenvalue weighted by Crippen LogP contribution is 2.51. The van der Waals surface area contributed by atoms with Crippen molar-refractivity contribution in [1.29, 1.82) is 0 Å². The minimum Gasteiger partial charge on any atom is -0.381 e. The number of nitrogens with one attached hydrogen (secondary N) is 1. The molecule has 108 valence electrons. The van der Waals surface area contributed by atoms with Gasteiger partial charge >= 0.3 is 0 Å². The Kier molecular flexibility index (Phi) is 4.29. The molecule has 4 heteroatoms. The van der Waals surface area contributed by atoms with E-state index in [-0.39, 0.29) is 28.9 Å². The van der Waals surface area contributed by atoms with Gasteiger partial charge in [0.15, 0.2) is 0 Å². The highest BCUT2D eigenvalue weighted by atomic mass is 16.5. The summed E-state index contributed by atoms with van der Waals surface area (Å²) in [6.45, 7) is 7.98. The van der Waals surface area contributed by atoms with Crippen molar-refractivity contribution in [3.8, 4) is 0 Å². The predicted octanol–water partition coefficient (Wildman–Crippen LogP) is 1.78. The first kappa shape index (κ1) is 14.5. The number of ketones is 1. The van der Waals surface area contributed by atoms with Gasteiger partial charge in [-0.15, -0.1) is 0 Å². The van der Waals surface area contributed by atoms with E-state index in [2.05, 4.69) is 5.32 Å². The van der Waals surface area contributed by atoms with E-state index in [1.165, 1.54) is 0 Å². The van der Waals surface area contributed by atoms with Crippen LogP contribution in [0.3, 0.4) is 0 Å². The molecule has 1 saturated heterocycles. The summed E-state index contributed by atoms with van der Waals surface area (Å²) >= 11 is 0. The van der Waals surface area contributed by atoms with Crippen LogP contribution in [0.5, 0.6) is 0 Å². The summed E-state index contributed by atoms with van der Waals surface area (Å²) in [6, 6.07) is 0. The summed E-state index contributed by atoms with van der Waals surface area (Å²) in [5, 5.41) is 3.04. The Morgan fingerprint density at radius 1 is 1.32 bits per heavy atom. The van der Waals surface area contributed by atoms with Crippen molar-refractivity contribution in [2.24, 2.45) is 23.2 Å². The van der Waals surface area contributed by atoms with E-state index in [1.54, 1.807) is 6.92 Å². The Labute approximate surface area is 115 Å². The average Bonchev–Trinajstić information content (AvgIpc) is 2.36. The van der Waals surface area contributed by atoms with Crippen LogP contribution in [0.15, 0.2) is 0 Å². The maximum absolute atomic E-state index is 12.2. The molecule has 1 N–H and O–H groups in total. The van der Waals surface area contributed by atoms with Crippen molar-refractivity contribution >= 4 is 11.7 Å². The van der Waals surface area contributed by atoms with Crippen molar-refractivity contribution < 1.29 is 14.3 Å². The Morgan fingerprint density at radius 3 is 2.58 bits per heavy atom. The highest BCUT2D eigenvalue weighted by molar-refractivity contribution is 5.87. The van der Waals surface area contributed by atoms with Gasteiger partial charge in [-0.05, 0) is 37.5 Å². The number of carbonyl (C=O) groups is 2. The smallest absolute Gasteiger partial charge is 0.223 e. The largest absolute Gasteiger partial charge is 0.381 e. The van der Waals surface area contributed by atoms with Crippen LogP contribution in [0.2, 0.25) is 0 Å². The Balaban J connectivity index is 1.79. The third-order valence-corrected chi connectivity index (χ3v) is 4.89. The number of ether oxygens (including phenoxy) is 1. The predicted molar refractivity (Wildman–Crippen MR) is 72.6 cm³/mol. The van der Waals surface area contributed by atoms with Gasteiger partial charge in [0, 0.05) is 25.0 Å². The van der Waals surface area contributed by atoms with Gasteiger partial charge < -0.3 is 10.1 Å². The molecule has 1 saturated carbocycles. The maximum atomic E-state index is 12.2. The summed E-state index contributed by atoms with van der Waals surface area (Å²) < 4.78 is 5.41. The number of rotatable bonds is 4. The maximum Gasteiger partial charge on any atom is 0.223 e. The normalized spacial score (nSPS) is 33.3. The molecule has 1 aliphatic carbocycles. The van der Waals surface area contributed by atoms with Crippen LogP contribution >= 0.6 is 0 Å². The lowest BCUT2D eigenvalue weighted by Crippen LogP contribution is -2.55. The third-order valence-electron chi connectivity index (χ3n) is 4.89. The molecule has 0 bridgehead atoms. The van der Waals surface area contributed by atoms with Crippen LogP contribution in [0, 0.1) is 23.2 Å². The standard InChI is InChI=1S/C15H25NO3/c1-10(17)12-7-13(15(12,2)3)14(18)16-8-11-5-4-6-19-9-11/h11-13H,4-9H2,1-3H3,(H,16,18)/t11-,12+,13-/m1/s1. The Morgan fingerprint density at radius 2 is 2.05 bits per heavy atom. The monoisotopic (exact) mass is 267 g/mol. The molecule has 0 spiro atoms. The van der Waals surface area contributed by atoms with E-state index in [0.29, 0.717) is 18.9 Å². The first-order valence-electron chi connectivity index (χ1n) is 7.29. The van der Waals surface area contributed by atoms with Crippen LogP contribution in [0.25, 0.3) is 0 Å². The molecular formula is C15H25NO3. The minimum atomic E-state index is -0.195. The molecule has 19 heavy (non-hydrogen) atoms. The molecule has 4 nitrogen and oxygen atoms in total. The van der Waals surface area contributed by atoms with Crippen LogP contribution in [0.1, 0.15) is 40.0 Å². The number of amides is 1. The van der Waals surface area contributed by atoms with Crippen molar-refractivity contribution in [3.05, 3.63) is 0 Å². The fraction of sp³-hybridized carbons (Fsp3) is 0.867. The van der Waals surface area contributed by atoms with Gasteiger partial charge in [0.05, 0.1) is 6.61 Å². The summed E-state index contributed by atoms with van der Waals surface area (Å²) in [5.74, 6) is 0.777. The van der Waals surface area contributed by atoms with Crippen molar-refractivity contribution in [1.82, 2.24) is 5.32 Å². The van der Waals surface area contributed by atoms with Crippen LogP contribution in [0.4, 0.5) is 0 Å². The number of hydrogen-bond acceptors (Lipinski definition) is 3. The van der Waals surface area contributed by atoms with E-state index >= 15 is 0 Å². The Hall–Kier alpha value is -0.900. The zero-order chi connectivity index (χ0) is 14.0. The second-order valence-electron chi connectivity index (χ2n) is 6.60. The molecular weight excluding hydrogens is 242 g/mol. The van der Waals surface area contributed by atoms with Gasteiger partial charge in [0.1, 0.15) is 5.78 Å². The fourth-order valence-corrected chi connectivity index (χ4v) is 3.40. The molecule has 0 aromatic carbocycles. The van der Waals surface area contributed by atoms with Gasteiger partial charge in [-0.25, -0.2) is 0 Å². The molecule has 0 unspecified atom stereocenters. The zero-order valence-corrected chi connectivity index (χ0v) is 12.2. The lowest BCUT2D eigenvalue weighted by molar-refractivity contribution is -0.148. The van der Waals surface area contributed by atoms with E-state index < -0.39 is 0 Å². The van der Waals surface area contributed by atoms with Gasteiger partial charge in [-0.3, -0.25) is 9.59 Å². The topological polar surface area (TPSA) is 55.4 Å². The van der Waals surface area contributed by atoms with E-state index in [9.17, 15) is 9.59 Å². The first-order chi connectivity index (χ1) is 8.93. The van der Waals surface area contributed by atoms with Crippen LogP contribution in [-0.4, -0.2) is 31.4 Å². The Bertz CT molecular complexity index is 358. The van der Waals surface area contributed by atoms with E-state index in [4.69, 9.17) is 4.74 Å². The average molecular weight is 267 g/mol. The highest BCUT2D eigenvalue weighted by Gasteiger charge is 2.53. The molecule has 2 fully saturated rings. The van der Waals surface area contributed by atoms with Crippen LogP contribution < -0.4 is 5.32 Å².